The lowest BCUT2D eigenvalue weighted by atomic mass is 9.87. The number of hydrogen-bond acceptors (Lipinski definition) is 6. The standard InChI is InChI=1S/C24H28N4O2S/c1-16-15-20-22(28-13-11-25-12-14-28)26-24(31(2,3)29)27-23(20)30-21(16)19-10-6-8-17-7-4-5-9-18(17)19/h4-10,16,21,25H,2,11-15H2,1,3H3. The van der Waals surface area contributed by atoms with Crippen molar-refractivity contribution >= 4 is 32.0 Å². The van der Waals surface area contributed by atoms with Crippen LogP contribution in [0.2, 0.25) is 0 Å². The van der Waals surface area contributed by atoms with E-state index >= 15 is 0 Å². The molecule has 0 bridgehead atoms. The maximum atomic E-state index is 12.8. The number of ether oxygens (including phenoxy) is 1. The first-order chi connectivity index (χ1) is 14.9. The first kappa shape index (κ1) is 20.3. The van der Waals surface area contributed by atoms with E-state index in [1.807, 2.05) is 0 Å². The van der Waals surface area contributed by atoms with Crippen LogP contribution in [0.1, 0.15) is 24.2 Å². The van der Waals surface area contributed by atoms with Gasteiger partial charge in [0.05, 0.1) is 5.56 Å². The molecule has 3 aromatic rings. The minimum Gasteiger partial charge on any atom is -0.469 e. The summed E-state index contributed by atoms with van der Waals surface area (Å²) < 4.78 is 19.3. The molecule has 1 saturated heterocycles. The van der Waals surface area contributed by atoms with Gasteiger partial charge in [-0.2, -0.15) is 4.98 Å². The highest BCUT2D eigenvalue weighted by Crippen LogP contribution is 2.43. The Morgan fingerprint density at radius 1 is 1.13 bits per heavy atom. The number of benzene rings is 2. The summed E-state index contributed by atoms with van der Waals surface area (Å²) in [7, 11) is -2.57. The van der Waals surface area contributed by atoms with E-state index < -0.39 is 9.52 Å². The number of nitrogens with one attached hydrogen (secondary N) is 1. The molecule has 1 N–H and O–H groups in total. The van der Waals surface area contributed by atoms with Crippen molar-refractivity contribution in [1.29, 1.82) is 0 Å². The van der Waals surface area contributed by atoms with Gasteiger partial charge < -0.3 is 15.0 Å². The molecule has 1 fully saturated rings. The molecule has 3 atom stereocenters. The zero-order valence-electron chi connectivity index (χ0n) is 18.0. The smallest absolute Gasteiger partial charge is 0.223 e. The van der Waals surface area contributed by atoms with Crippen molar-refractivity contribution in [2.24, 2.45) is 5.92 Å². The zero-order valence-corrected chi connectivity index (χ0v) is 18.8. The van der Waals surface area contributed by atoms with E-state index in [9.17, 15) is 4.21 Å². The molecule has 31 heavy (non-hydrogen) atoms. The third kappa shape index (κ3) is 3.77. The molecule has 7 heteroatoms. The summed E-state index contributed by atoms with van der Waals surface area (Å²) in [6.07, 6.45) is 2.27. The van der Waals surface area contributed by atoms with Gasteiger partial charge in [-0.3, -0.25) is 4.21 Å². The fourth-order valence-electron chi connectivity index (χ4n) is 4.57. The van der Waals surface area contributed by atoms with Gasteiger partial charge in [0.1, 0.15) is 11.9 Å². The van der Waals surface area contributed by atoms with Gasteiger partial charge in [-0.25, -0.2) is 4.98 Å². The van der Waals surface area contributed by atoms with Crippen LogP contribution in [0, 0.1) is 5.92 Å². The van der Waals surface area contributed by atoms with Crippen LogP contribution in [-0.4, -0.2) is 52.5 Å². The van der Waals surface area contributed by atoms with E-state index in [2.05, 4.69) is 70.5 Å². The van der Waals surface area contributed by atoms with E-state index in [1.165, 1.54) is 10.8 Å². The van der Waals surface area contributed by atoms with Crippen LogP contribution in [-0.2, 0) is 15.9 Å². The van der Waals surface area contributed by atoms with E-state index in [0.717, 1.165) is 49.5 Å². The predicted octanol–water partition coefficient (Wildman–Crippen LogP) is 3.06. The Morgan fingerprint density at radius 3 is 2.65 bits per heavy atom. The monoisotopic (exact) mass is 436 g/mol. The van der Waals surface area contributed by atoms with Crippen molar-refractivity contribution < 1.29 is 8.95 Å². The number of piperazine rings is 1. The fourth-order valence-corrected chi connectivity index (χ4v) is 5.13. The number of aromatic nitrogens is 2. The van der Waals surface area contributed by atoms with Gasteiger partial charge >= 0.3 is 0 Å². The fraction of sp³-hybridized carbons (Fsp3) is 0.375. The molecule has 2 aliphatic rings. The van der Waals surface area contributed by atoms with Gasteiger partial charge in [-0.15, -0.1) is 0 Å². The molecule has 0 aliphatic carbocycles. The Morgan fingerprint density at radius 2 is 1.87 bits per heavy atom. The molecular weight excluding hydrogens is 408 g/mol. The van der Waals surface area contributed by atoms with E-state index in [1.54, 1.807) is 6.26 Å². The van der Waals surface area contributed by atoms with Crippen molar-refractivity contribution in [3.05, 3.63) is 53.6 Å². The summed E-state index contributed by atoms with van der Waals surface area (Å²) in [6.45, 7) is 5.72. The normalized spacial score (nSPS) is 23.1. The number of nitrogens with zero attached hydrogens (tertiary/aromatic N) is 3. The topological polar surface area (TPSA) is 67.4 Å². The molecule has 0 saturated carbocycles. The number of anilines is 1. The molecule has 3 unspecified atom stereocenters. The highest BCUT2D eigenvalue weighted by molar-refractivity contribution is 7.99. The van der Waals surface area contributed by atoms with Crippen molar-refractivity contribution in [1.82, 2.24) is 15.3 Å². The minimum atomic E-state index is -2.57. The largest absolute Gasteiger partial charge is 0.469 e. The van der Waals surface area contributed by atoms with Crippen molar-refractivity contribution in [2.45, 2.75) is 24.6 Å². The predicted molar refractivity (Wildman–Crippen MR) is 127 cm³/mol. The summed E-state index contributed by atoms with van der Waals surface area (Å²) in [5.41, 5.74) is 2.17. The molecule has 162 valence electrons. The van der Waals surface area contributed by atoms with Crippen LogP contribution >= 0.6 is 0 Å². The highest BCUT2D eigenvalue weighted by Gasteiger charge is 2.34. The van der Waals surface area contributed by atoms with E-state index in [0.29, 0.717) is 5.88 Å². The highest BCUT2D eigenvalue weighted by atomic mass is 32.2. The second kappa shape index (κ2) is 7.80. The van der Waals surface area contributed by atoms with Crippen LogP contribution < -0.4 is 15.0 Å². The van der Waals surface area contributed by atoms with Crippen LogP contribution in [0.3, 0.4) is 0 Å². The van der Waals surface area contributed by atoms with Gasteiger partial charge in [0, 0.05) is 53.4 Å². The third-order valence-electron chi connectivity index (χ3n) is 6.14. The molecule has 0 spiro atoms. The summed E-state index contributed by atoms with van der Waals surface area (Å²) in [6, 6.07) is 14.7. The van der Waals surface area contributed by atoms with Gasteiger partial charge in [0.25, 0.3) is 0 Å². The molecular formula is C24H28N4O2S. The lowest BCUT2D eigenvalue weighted by Gasteiger charge is -2.36. The van der Waals surface area contributed by atoms with Gasteiger partial charge in [0.2, 0.25) is 11.0 Å². The summed E-state index contributed by atoms with van der Waals surface area (Å²) in [5.74, 6) is 5.47. The van der Waals surface area contributed by atoms with Gasteiger partial charge in [-0.05, 0) is 23.1 Å². The second-order valence-corrected chi connectivity index (χ2v) is 11.0. The summed E-state index contributed by atoms with van der Waals surface area (Å²) in [4.78, 5) is 11.6. The van der Waals surface area contributed by atoms with Gasteiger partial charge in [-0.1, -0.05) is 49.4 Å². The van der Waals surface area contributed by atoms with Crippen molar-refractivity contribution in [3.63, 3.8) is 0 Å². The number of rotatable bonds is 3. The first-order valence-corrected chi connectivity index (χ1v) is 12.9. The molecule has 2 aliphatic heterocycles. The molecule has 2 aromatic carbocycles. The summed E-state index contributed by atoms with van der Waals surface area (Å²) in [5, 5.41) is 6.04. The van der Waals surface area contributed by atoms with Crippen LogP contribution in [0.5, 0.6) is 5.88 Å². The Kier molecular flexibility index (Phi) is 5.10. The van der Waals surface area contributed by atoms with Crippen LogP contribution in [0.15, 0.2) is 47.6 Å². The second-order valence-electron chi connectivity index (χ2n) is 8.64. The van der Waals surface area contributed by atoms with Crippen molar-refractivity contribution in [2.75, 3.05) is 37.3 Å². The maximum absolute atomic E-state index is 12.8. The first-order valence-electron chi connectivity index (χ1n) is 10.7. The Balaban J connectivity index is 1.62. The van der Waals surface area contributed by atoms with E-state index in [4.69, 9.17) is 9.72 Å². The number of fused-ring (bicyclic) bond motifs is 2. The van der Waals surface area contributed by atoms with Crippen molar-refractivity contribution in [3.8, 4) is 5.88 Å². The van der Waals surface area contributed by atoms with E-state index in [-0.39, 0.29) is 17.2 Å². The third-order valence-corrected chi connectivity index (χ3v) is 7.10. The molecule has 0 amide bonds. The molecule has 6 nitrogen and oxygen atoms in total. The molecule has 3 heterocycles. The Hall–Kier alpha value is -2.64. The summed E-state index contributed by atoms with van der Waals surface area (Å²) >= 11 is 0. The van der Waals surface area contributed by atoms with Crippen LogP contribution in [0.4, 0.5) is 5.82 Å². The Labute approximate surface area is 183 Å². The molecule has 0 radical (unpaired) electrons. The number of hydrogen-bond donors (Lipinski definition) is 1. The lowest BCUT2D eigenvalue weighted by molar-refractivity contribution is 0.116. The van der Waals surface area contributed by atoms with Crippen LogP contribution in [0.25, 0.3) is 10.8 Å². The maximum Gasteiger partial charge on any atom is 0.223 e. The Bertz CT molecular complexity index is 1230. The van der Waals surface area contributed by atoms with Gasteiger partial charge in [0.15, 0.2) is 0 Å². The molecule has 1 aromatic heterocycles. The SMILES string of the molecule is C=S(C)(=O)c1nc2c(c(N3CCNCC3)n1)CC(C)C(c1cccc3ccccc13)O2. The minimum absolute atomic E-state index is 0.130. The lowest BCUT2D eigenvalue weighted by Crippen LogP contribution is -2.44. The average Bonchev–Trinajstić information content (AvgIpc) is 2.77. The quantitative estimate of drug-likeness (QED) is 0.503. The molecule has 5 rings (SSSR count). The zero-order chi connectivity index (χ0) is 21.6. The average molecular weight is 437 g/mol.